The summed E-state index contributed by atoms with van der Waals surface area (Å²) in [6, 6.07) is 38.5. The van der Waals surface area contributed by atoms with E-state index in [1.54, 1.807) is 18.2 Å². The maximum Gasteiger partial charge on any atom is 0.346 e. The van der Waals surface area contributed by atoms with Gasteiger partial charge in [0.15, 0.2) is 6.29 Å². The molecule has 5 aromatic rings. The summed E-state index contributed by atoms with van der Waals surface area (Å²) in [6.45, 7) is 2.36. The molecule has 5 aromatic carbocycles. The first kappa shape index (κ1) is 35.9. The monoisotopic (exact) mass is 712 g/mol. The number of nitrogens with zero attached hydrogens (tertiary/aromatic N) is 1. The van der Waals surface area contributed by atoms with E-state index in [2.05, 4.69) is 27.1 Å². The summed E-state index contributed by atoms with van der Waals surface area (Å²) < 4.78 is 18.4. The smallest absolute Gasteiger partial charge is 0.346 e. The molecule has 1 amide bonds. The van der Waals surface area contributed by atoms with Crippen molar-refractivity contribution in [2.45, 2.75) is 50.1 Å². The maximum atomic E-state index is 13.3. The number of hydrogen-bond acceptors (Lipinski definition) is 9. The Morgan fingerprint density at radius 3 is 2.17 bits per heavy atom. The third-order valence-corrected chi connectivity index (χ3v) is 10.1. The summed E-state index contributed by atoms with van der Waals surface area (Å²) in [5, 5.41) is 24.0. The second kappa shape index (κ2) is 15.6. The van der Waals surface area contributed by atoms with Gasteiger partial charge in [0.25, 0.3) is 5.91 Å². The zero-order valence-electron chi connectivity index (χ0n) is 29.3. The number of amides is 1. The van der Waals surface area contributed by atoms with E-state index in [0.717, 1.165) is 22.3 Å². The Kier molecular flexibility index (Phi) is 10.6. The van der Waals surface area contributed by atoms with E-state index in [-0.39, 0.29) is 35.3 Å². The van der Waals surface area contributed by atoms with Crippen LogP contribution in [0, 0.1) is 0 Å². The minimum atomic E-state index is -0.845. The van der Waals surface area contributed by atoms with Gasteiger partial charge in [-0.05, 0) is 66.6 Å². The van der Waals surface area contributed by atoms with Crippen molar-refractivity contribution in [3.63, 3.8) is 0 Å². The van der Waals surface area contributed by atoms with Crippen LogP contribution >= 0.6 is 0 Å². The Hall–Kier alpha value is -5.49. The van der Waals surface area contributed by atoms with Crippen LogP contribution in [0.15, 0.2) is 127 Å². The number of aliphatic hydroxyl groups excluding tert-OH is 2. The second-order valence-corrected chi connectivity index (χ2v) is 13.5. The molecule has 7 rings (SSSR count). The lowest BCUT2D eigenvalue weighted by molar-refractivity contribution is -0.264. The normalized spacial score (nSPS) is 20.8. The number of anilines is 1. The molecule has 1 unspecified atom stereocenters. The van der Waals surface area contributed by atoms with Crippen LogP contribution in [-0.4, -0.2) is 58.7 Å². The molecule has 0 spiro atoms. The van der Waals surface area contributed by atoms with E-state index in [1.165, 1.54) is 18.2 Å². The molecule has 1 saturated heterocycles. The number of cyclic esters (lactones) is 2. The number of ether oxygens (including phenoxy) is 3. The molecular weight excluding hydrogens is 672 g/mol. The van der Waals surface area contributed by atoms with Crippen LogP contribution in [0.3, 0.4) is 0 Å². The number of rotatable bonds is 11. The third kappa shape index (κ3) is 7.68. The van der Waals surface area contributed by atoms with Gasteiger partial charge in [-0.2, -0.15) is 0 Å². The number of fused-ring (bicyclic) bond motifs is 1. The van der Waals surface area contributed by atoms with E-state index in [9.17, 15) is 24.6 Å². The lowest BCUT2D eigenvalue weighted by atomic mass is 9.83. The highest BCUT2D eigenvalue weighted by Crippen LogP contribution is 2.47. The molecule has 2 aliphatic rings. The van der Waals surface area contributed by atoms with Crippen LogP contribution in [0.2, 0.25) is 0 Å². The van der Waals surface area contributed by atoms with Crippen LogP contribution in [0.25, 0.3) is 0 Å². The molecule has 0 radical (unpaired) electrons. The molecular formula is C43H40N2O8. The van der Waals surface area contributed by atoms with Gasteiger partial charge in [-0.3, -0.25) is 9.69 Å². The van der Waals surface area contributed by atoms with Gasteiger partial charge in [-0.25, -0.2) is 9.59 Å². The standard InChI is InChI=1S/C43H40N2O8/c1-26(38(47)29-12-7-4-8-13-29)45(2)24-36-37(28-10-5-3-6-11-28)39(30-18-16-27(25-46)17-19-30)52-43(51-36)32-14-9-15-33(22-32)44-40(48)31-20-21-34-35(23-31)42(50)53-41(34)49/h3-23,26,36-39,43,46-47H,24-25H2,1-2H3,(H,44,48)/t26-,36+,37+,38-,39-,43?/m0/s1. The zero-order chi connectivity index (χ0) is 37.1. The first-order valence-corrected chi connectivity index (χ1v) is 17.5. The fourth-order valence-electron chi connectivity index (χ4n) is 6.98. The van der Waals surface area contributed by atoms with Gasteiger partial charge >= 0.3 is 11.9 Å². The lowest BCUT2D eigenvalue weighted by Gasteiger charge is -2.45. The minimum absolute atomic E-state index is 0.0491. The molecule has 2 heterocycles. The molecule has 3 N–H and O–H groups in total. The van der Waals surface area contributed by atoms with Gasteiger partial charge < -0.3 is 29.7 Å². The van der Waals surface area contributed by atoms with Gasteiger partial charge in [0.2, 0.25) is 0 Å². The van der Waals surface area contributed by atoms with Crippen molar-refractivity contribution in [3.05, 3.63) is 172 Å². The fraction of sp³-hybridized carbons (Fsp3) is 0.233. The largest absolute Gasteiger partial charge is 0.392 e. The predicted octanol–water partition coefficient (Wildman–Crippen LogP) is 6.73. The van der Waals surface area contributed by atoms with E-state index >= 15 is 0 Å². The van der Waals surface area contributed by atoms with E-state index in [0.29, 0.717) is 17.8 Å². The summed E-state index contributed by atoms with van der Waals surface area (Å²) >= 11 is 0. The van der Waals surface area contributed by atoms with Crippen LogP contribution in [0.5, 0.6) is 0 Å². The van der Waals surface area contributed by atoms with Gasteiger partial charge in [0, 0.05) is 35.3 Å². The molecule has 10 nitrogen and oxygen atoms in total. The molecule has 270 valence electrons. The molecule has 2 aliphatic heterocycles. The van der Waals surface area contributed by atoms with Crippen LogP contribution in [0.4, 0.5) is 5.69 Å². The predicted molar refractivity (Wildman–Crippen MR) is 197 cm³/mol. The first-order chi connectivity index (χ1) is 25.7. The SMILES string of the molecule is C[C@@H]([C@H](O)c1ccccc1)N(C)C[C@H]1OC(c2cccc(NC(=O)c3ccc4c(c3)C(=O)OC4=O)c2)O[C@@H](c2ccc(CO)cc2)[C@@H]1c1ccccc1. The molecule has 0 aliphatic carbocycles. The quantitative estimate of drug-likeness (QED) is 0.101. The Labute approximate surface area is 307 Å². The van der Waals surface area contributed by atoms with E-state index in [4.69, 9.17) is 9.47 Å². The van der Waals surface area contributed by atoms with Crippen molar-refractivity contribution in [2.24, 2.45) is 0 Å². The average molecular weight is 713 g/mol. The summed E-state index contributed by atoms with van der Waals surface area (Å²) in [4.78, 5) is 39.4. The number of benzene rings is 5. The number of nitrogens with one attached hydrogen (secondary N) is 1. The van der Waals surface area contributed by atoms with E-state index < -0.39 is 42.4 Å². The molecule has 53 heavy (non-hydrogen) atoms. The average Bonchev–Trinajstić information content (AvgIpc) is 3.49. The number of esters is 2. The maximum absolute atomic E-state index is 13.3. The van der Waals surface area contributed by atoms with Crippen molar-refractivity contribution in [2.75, 3.05) is 18.9 Å². The third-order valence-electron chi connectivity index (χ3n) is 10.1. The highest BCUT2D eigenvalue weighted by molar-refractivity contribution is 6.16. The molecule has 10 heteroatoms. The van der Waals surface area contributed by atoms with Gasteiger partial charge in [-0.1, -0.05) is 97.1 Å². The molecule has 0 bridgehead atoms. The second-order valence-electron chi connectivity index (χ2n) is 13.5. The highest BCUT2D eigenvalue weighted by Gasteiger charge is 2.43. The molecule has 1 fully saturated rings. The van der Waals surface area contributed by atoms with Crippen LogP contribution in [-0.2, 0) is 20.8 Å². The topological polar surface area (TPSA) is 135 Å². The van der Waals surface area contributed by atoms with Crippen molar-refractivity contribution >= 4 is 23.5 Å². The summed E-state index contributed by atoms with van der Waals surface area (Å²) in [5.41, 5.74) is 5.05. The Morgan fingerprint density at radius 2 is 1.45 bits per heavy atom. The number of hydrogen-bond donors (Lipinski definition) is 3. The number of carbonyl (C=O) groups excluding carboxylic acids is 3. The first-order valence-electron chi connectivity index (χ1n) is 17.5. The highest BCUT2D eigenvalue weighted by atomic mass is 16.7. The number of likely N-dealkylation sites (N-methyl/N-ethyl adjacent to an activating group) is 1. The van der Waals surface area contributed by atoms with Crippen LogP contribution in [0.1, 0.15) is 90.2 Å². The lowest BCUT2D eigenvalue weighted by Crippen LogP contribution is -2.46. The summed E-state index contributed by atoms with van der Waals surface area (Å²) in [6.07, 6.45) is -2.46. The molecule has 0 saturated carbocycles. The van der Waals surface area contributed by atoms with Crippen molar-refractivity contribution in [1.82, 2.24) is 4.90 Å². The van der Waals surface area contributed by atoms with E-state index in [1.807, 2.05) is 92.8 Å². The number of aliphatic hydroxyl groups is 2. The van der Waals surface area contributed by atoms with Gasteiger partial charge in [0.05, 0.1) is 36.0 Å². The van der Waals surface area contributed by atoms with Crippen LogP contribution < -0.4 is 5.32 Å². The Morgan fingerprint density at radius 1 is 0.774 bits per heavy atom. The van der Waals surface area contributed by atoms with Gasteiger partial charge in [0.1, 0.15) is 0 Å². The number of carbonyl (C=O) groups is 3. The zero-order valence-corrected chi connectivity index (χ0v) is 29.3. The molecule has 6 atom stereocenters. The van der Waals surface area contributed by atoms with Crippen molar-refractivity contribution in [1.29, 1.82) is 0 Å². The fourth-order valence-corrected chi connectivity index (χ4v) is 6.98. The summed E-state index contributed by atoms with van der Waals surface area (Å²) in [5.74, 6) is -2.25. The summed E-state index contributed by atoms with van der Waals surface area (Å²) in [7, 11) is 1.97. The van der Waals surface area contributed by atoms with Gasteiger partial charge in [-0.15, -0.1) is 0 Å². The minimum Gasteiger partial charge on any atom is -0.392 e. The van der Waals surface area contributed by atoms with Crippen molar-refractivity contribution < 1.29 is 38.8 Å². The Balaban J connectivity index is 1.20. The Bertz CT molecular complexity index is 2090. The van der Waals surface area contributed by atoms with Crippen molar-refractivity contribution in [3.8, 4) is 0 Å². The molecule has 0 aromatic heterocycles.